The second-order valence-electron chi connectivity index (χ2n) is 9.08. The average molecular weight is 485 g/mol. The Bertz CT molecular complexity index is 1070. The highest BCUT2D eigenvalue weighted by molar-refractivity contribution is 7.89. The largest absolute Gasteiger partial charge is 0.452 e. The van der Waals surface area contributed by atoms with Gasteiger partial charge in [0, 0.05) is 26.2 Å². The number of amides is 1. The molecule has 0 radical (unpaired) electrons. The van der Waals surface area contributed by atoms with Crippen molar-refractivity contribution in [3.63, 3.8) is 0 Å². The van der Waals surface area contributed by atoms with Gasteiger partial charge >= 0.3 is 5.97 Å². The van der Waals surface area contributed by atoms with E-state index in [4.69, 9.17) is 4.74 Å². The quantitative estimate of drug-likeness (QED) is 0.562. The Morgan fingerprint density at radius 1 is 0.853 bits per heavy atom. The SMILES string of the molecule is O=C(OCC(=O)N1CCC(Cc2ccccc2)CC1)c1ccc(S(=O)(=O)N2CCCCC2)cc1. The summed E-state index contributed by atoms with van der Waals surface area (Å²) in [7, 11) is -3.55. The van der Waals surface area contributed by atoms with Crippen LogP contribution in [-0.4, -0.2) is 62.3 Å². The number of piperidine rings is 2. The molecule has 0 saturated carbocycles. The van der Waals surface area contributed by atoms with E-state index >= 15 is 0 Å². The van der Waals surface area contributed by atoms with E-state index in [1.165, 1.54) is 34.1 Å². The molecule has 0 bridgehead atoms. The van der Waals surface area contributed by atoms with Crippen LogP contribution in [0.4, 0.5) is 0 Å². The minimum Gasteiger partial charge on any atom is -0.452 e. The summed E-state index contributed by atoms with van der Waals surface area (Å²) < 4.78 is 32.2. The molecule has 0 atom stereocenters. The van der Waals surface area contributed by atoms with E-state index in [0.29, 0.717) is 32.1 Å². The van der Waals surface area contributed by atoms with Crippen LogP contribution < -0.4 is 0 Å². The van der Waals surface area contributed by atoms with E-state index in [1.54, 1.807) is 4.90 Å². The molecule has 182 valence electrons. The zero-order valence-electron chi connectivity index (χ0n) is 19.4. The Kier molecular flexibility index (Phi) is 8.00. The number of benzene rings is 2. The Labute approximate surface area is 201 Å². The fraction of sp³-hybridized carbons (Fsp3) is 0.462. The molecule has 4 rings (SSSR count). The van der Waals surface area contributed by atoms with E-state index < -0.39 is 16.0 Å². The first kappa shape index (κ1) is 24.4. The maximum atomic E-state index is 12.7. The number of rotatable bonds is 7. The van der Waals surface area contributed by atoms with Crippen molar-refractivity contribution >= 4 is 21.9 Å². The van der Waals surface area contributed by atoms with Crippen molar-refractivity contribution in [2.45, 2.75) is 43.4 Å². The van der Waals surface area contributed by atoms with E-state index in [0.717, 1.165) is 38.5 Å². The predicted molar refractivity (Wildman–Crippen MR) is 129 cm³/mol. The molecule has 0 aliphatic carbocycles. The van der Waals surface area contributed by atoms with Crippen molar-refractivity contribution in [1.82, 2.24) is 9.21 Å². The number of hydrogen-bond acceptors (Lipinski definition) is 5. The second kappa shape index (κ2) is 11.1. The molecule has 34 heavy (non-hydrogen) atoms. The maximum absolute atomic E-state index is 12.7. The summed E-state index contributed by atoms with van der Waals surface area (Å²) in [5.74, 6) is -0.279. The smallest absolute Gasteiger partial charge is 0.338 e. The third-order valence-electron chi connectivity index (χ3n) is 6.70. The maximum Gasteiger partial charge on any atom is 0.338 e. The van der Waals surface area contributed by atoms with Gasteiger partial charge in [0.25, 0.3) is 5.91 Å². The number of sulfonamides is 1. The molecule has 2 heterocycles. The van der Waals surface area contributed by atoms with Gasteiger partial charge in [-0.2, -0.15) is 4.31 Å². The normalized spacial score (nSPS) is 17.9. The monoisotopic (exact) mass is 484 g/mol. The molecule has 2 aliphatic rings. The molecular weight excluding hydrogens is 452 g/mol. The summed E-state index contributed by atoms with van der Waals surface area (Å²) in [5, 5.41) is 0. The van der Waals surface area contributed by atoms with Crippen LogP contribution in [0.3, 0.4) is 0 Å². The summed E-state index contributed by atoms with van der Waals surface area (Å²) in [6.45, 7) is 2.07. The lowest BCUT2D eigenvalue weighted by Gasteiger charge is -2.32. The lowest BCUT2D eigenvalue weighted by Crippen LogP contribution is -2.41. The van der Waals surface area contributed by atoms with E-state index in [9.17, 15) is 18.0 Å². The molecule has 8 heteroatoms. The number of hydrogen-bond donors (Lipinski definition) is 0. The minimum absolute atomic E-state index is 0.167. The van der Waals surface area contributed by atoms with Crippen molar-refractivity contribution < 1.29 is 22.7 Å². The van der Waals surface area contributed by atoms with Gasteiger partial charge in [-0.05, 0) is 67.9 Å². The third-order valence-corrected chi connectivity index (χ3v) is 8.62. The first-order valence-corrected chi connectivity index (χ1v) is 13.5. The van der Waals surface area contributed by atoms with Crippen molar-refractivity contribution in [2.24, 2.45) is 5.92 Å². The van der Waals surface area contributed by atoms with Gasteiger partial charge in [0.2, 0.25) is 10.0 Å². The van der Waals surface area contributed by atoms with Gasteiger partial charge in [-0.15, -0.1) is 0 Å². The number of esters is 1. The van der Waals surface area contributed by atoms with Crippen LogP contribution in [0.2, 0.25) is 0 Å². The molecule has 0 unspecified atom stereocenters. The van der Waals surface area contributed by atoms with Gasteiger partial charge in [0.1, 0.15) is 0 Å². The van der Waals surface area contributed by atoms with E-state index in [2.05, 4.69) is 12.1 Å². The van der Waals surface area contributed by atoms with Gasteiger partial charge in [-0.3, -0.25) is 4.79 Å². The Balaban J connectivity index is 1.24. The molecule has 7 nitrogen and oxygen atoms in total. The van der Waals surface area contributed by atoms with Crippen LogP contribution in [-0.2, 0) is 26.0 Å². The Morgan fingerprint density at radius 2 is 1.50 bits per heavy atom. The molecule has 2 aromatic carbocycles. The third kappa shape index (κ3) is 6.04. The summed E-state index contributed by atoms with van der Waals surface area (Å²) >= 11 is 0. The topological polar surface area (TPSA) is 84.0 Å². The number of carbonyl (C=O) groups is 2. The van der Waals surface area contributed by atoms with Crippen molar-refractivity contribution in [2.75, 3.05) is 32.8 Å². The fourth-order valence-corrected chi connectivity index (χ4v) is 6.17. The second-order valence-corrected chi connectivity index (χ2v) is 11.0. The number of carbonyl (C=O) groups excluding carboxylic acids is 2. The fourth-order valence-electron chi connectivity index (χ4n) is 4.65. The zero-order valence-corrected chi connectivity index (χ0v) is 20.2. The molecule has 2 fully saturated rings. The highest BCUT2D eigenvalue weighted by Crippen LogP contribution is 2.23. The molecule has 2 aromatic rings. The van der Waals surface area contributed by atoms with Gasteiger partial charge in [-0.1, -0.05) is 36.8 Å². The van der Waals surface area contributed by atoms with Crippen LogP contribution in [0.15, 0.2) is 59.5 Å². The number of ether oxygens (including phenoxy) is 1. The first-order chi connectivity index (χ1) is 16.4. The molecule has 0 spiro atoms. The molecule has 2 saturated heterocycles. The number of likely N-dealkylation sites (tertiary alicyclic amines) is 1. The lowest BCUT2D eigenvalue weighted by atomic mass is 9.90. The summed E-state index contributed by atoms with van der Waals surface area (Å²) in [6.07, 6.45) is 5.65. The van der Waals surface area contributed by atoms with E-state index in [-0.39, 0.29) is 23.0 Å². The molecule has 0 N–H and O–H groups in total. The van der Waals surface area contributed by atoms with Crippen LogP contribution in [0.5, 0.6) is 0 Å². The molecule has 1 amide bonds. The van der Waals surface area contributed by atoms with Gasteiger partial charge < -0.3 is 9.64 Å². The van der Waals surface area contributed by atoms with Gasteiger partial charge in [0.15, 0.2) is 6.61 Å². The Morgan fingerprint density at radius 3 is 2.15 bits per heavy atom. The van der Waals surface area contributed by atoms with Crippen LogP contribution >= 0.6 is 0 Å². The van der Waals surface area contributed by atoms with E-state index in [1.807, 2.05) is 18.2 Å². The van der Waals surface area contributed by atoms with Crippen molar-refractivity contribution in [3.05, 3.63) is 65.7 Å². The van der Waals surface area contributed by atoms with Crippen molar-refractivity contribution in [3.8, 4) is 0 Å². The lowest BCUT2D eigenvalue weighted by molar-refractivity contribution is -0.135. The summed E-state index contributed by atoms with van der Waals surface area (Å²) in [4.78, 5) is 26.8. The molecular formula is C26H32N2O5S. The standard InChI is InChI=1S/C26H32N2O5S/c29-25(27-17-13-22(14-18-27)19-21-7-3-1-4-8-21)20-33-26(30)23-9-11-24(12-10-23)34(31,32)28-15-5-2-6-16-28/h1,3-4,7-12,22H,2,5-6,13-20H2. The Hall–Kier alpha value is -2.71. The molecule has 0 aromatic heterocycles. The summed E-state index contributed by atoms with van der Waals surface area (Å²) in [6, 6.07) is 16.1. The van der Waals surface area contributed by atoms with Gasteiger partial charge in [0.05, 0.1) is 10.5 Å². The van der Waals surface area contributed by atoms with Crippen LogP contribution in [0.25, 0.3) is 0 Å². The highest BCUT2D eigenvalue weighted by atomic mass is 32.2. The molecule has 2 aliphatic heterocycles. The van der Waals surface area contributed by atoms with Gasteiger partial charge in [-0.25, -0.2) is 13.2 Å². The minimum atomic E-state index is -3.55. The highest BCUT2D eigenvalue weighted by Gasteiger charge is 2.27. The zero-order chi connectivity index (χ0) is 24.0. The summed E-state index contributed by atoms with van der Waals surface area (Å²) in [5.41, 5.74) is 1.54. The van der Waals surface area contributed by atoms with Crippen molar-refractivity contribution in [1.29, 1.82) is 0 Å². The average Bonchev–Trinajstić information content (AvgIpc) is 2.88. The van der Waals surface area contributed by atoms with Crippen LogP contribution in [0, 0.1) is 5.92 Å². The van der Waals surface area contributed by atoms with Crippen LogP contribution in [0.1, 0.15) is 48.0 Å². The first-order valence-electron chi connectivity index (χ1n) is 12.0. The number of nitrogens with zero attached hydrogens (tertiary/aromatic N) is 2. The predicted octanol–water partition coefficient (Wildman–Crippen LogP) is 3.50.